The zero-order chi connectivity index (χ0) is 50.7. The zero-order valence-electron chi connectivity index (χ0n) is 41.7. The minimum atomic E-state index is 0.762. The fourth-order valence-corrected chi connectivity index (χ4v) is 12.4. The fourth-order valence-electron chi connectivity index (χ4n) is 12.4. The first kappa shape index (κ1) is 43.0. The Balaban J connectivity index is 1.20. The molecule has 16 aromatic rings. The van der Waals surface area contributed by atoms with Crippen molar-refractivity contribution in [1.82, 2.24) is 38.2 Å². The lowest BCUT2D eigenvalue weighted by atomic mass is 9.96. The smallest absolute Gasteiger partial charge is 0.165 e. The fraction of sp³-hybridized carbons (Fsp3) is 0.0145. The van der Waals surface area contributed by atoms with Crippen molar-refractivity contribution in [2.45, 2.75) is 6.92 Å². The molecule has 0 unspecified atom stereocenters. The van der Waals surface area contributed by atoms with Crippen LogP contribution in [0.25, 0.3) is 144 Å². The summed E-state index contributed by atoms with van der Waals surface area (Å²) in [6.45, 7) is 2.23. The molecule has 0 bridgehead atoms. The first-order valence-electron chi connectivity index (χ1n) is 26.0. The molecule has 8 heterocycles. The van der Waals surface area contributed by atoms with Crippen molar-refractivity contribution in [3.63, 3.8) is 0 Å². The highest BCUT2D eigenvalue weighted by atomic mass is 15.2. The van der Waals surface area contributed by atoms with Crippen molar-refractivity contribution >= 4 is 87.2 Å². The molecular formula is C69H44N8. The van der Waals surface area contributed by atoms with E-state index in [2.05, 4.69) is 238 Å². The van der Waals surface area contributed by atoms with Gasteiger partial charge in [-0.25, -0.2) is 4.98 Å². The van der Waals surface area contributed by atoms with Gasteiger partial charge in [-0.2, -0.15) is 0 Å². The molecule has 8 aromatic carbocycles. The van der Waals surface area contributed by atoms with Crippen molar-refractivity contribution < 1.29 is 0 Å². The summed E-state index contributed by atoms with van der Waals surface area (Å²) in [5.41, 5.74) is 17.9. The number of aromatic nitrogens is 8. The summed E-state index contributed by atoms with van der Waals surface area (Å²) in [7, 11) is 0. The lowest BCUT2D eigenvalue weighted by Gasteiger charge is -2.27. The molecule has 8 nitrogen and oxygen atoms in total. The Morgan fingerprint density at radius 2 is 0.649 bits per heavy atom. The summed E-state index contributed by atoms with van der Waals surface area (Å²) in [5.74, 6) is 1.53. The van der Waals surface area contributed by atoms with E-state index in [0.717, 1.165) is 149 Å². The Labute approximate surface area is 441 Å². The number of hydrogen-bond acceptors (Lipinski definition) is 4. The van der Waals surface area contributed by atoms with Crippen molar-refractivity contribution in [2.24, 2.45) is 0 Å². The Morgan fingerprint density at radius 3 is 1.10 bits per heavy atom. The van der Waals surface area contributed by atoms with Crippen LogP contribution in [-0.2, 0) is 0 Å². The van der Waals surface area contributed by atoms with Gasteiger partial charge in [0.25, 0.3) is 0 Å². The van der Waals surface area contributed by atoms with Crippen molar-refractivity contribution in [3.05, 3.63) is 255 Å². The van der Waals surface area contributed by atoms with Gasteiger partial charge in [0.15, 0.2) is 11.6 Å². The molecule has 0 amide bonds. The van der Waals surface area contributed by atoms with E-state index >= 15 is 0 Å². The van der Waals surface area contributed by atoms with Gasteiger partial charge in [-0.1, -0.05) is 152 Å². The maximum absolute atomic E-state index is 6.41. The Morgan fingerprint density at radius 1 is 0.286 bits per heavy atom. The highest BCUT2D eigenvalue weighted by Crippen LogP contribution is 2.49. The Bertz CT molecular complexity index is 4800. The van der Waals surface area contributed by atoms with E-state index in [4.69, 9.17) is 19.9 Å². The third kappa shape index (κ3) is 6.33. The number of pyridine rings is 4. The summed E-state index contributed by atoms with van der Waals surface area (Å²) in [4.78, 5) is 20.7. The van der Waals surface area contributed by atoms with Crippen molar-refractivity contribution in [2.75, 3.05) is 0 Å². The van der Waals surface area contributed by atoms with Crippen molar-refractivity contribution in [1.29, 1.82) is 0 Å². The average molecular weight is 985 g/mol. The van der Waals surface area contributed by atoms with Gasteiger partial charge < -0.3 is 9.13 Å². The molecule has 0 fully saturated rings. The number of fused-ring (bicyclic) bond motifs is 12. The van der Waals surface area contributed by atoms with Gasteiger partial charge in [0, 0.05) is 85.8 Å². The van der Waals surface area contributed by atoms with Crippen LogP contribution in [0, 0.1) is 6.92 Å². The second-order valence-electron chi connectivity index (χ2n) is 19.9. The molecule has 0 saturated carbocycles. The number of aryl methyl sites for hydroxylation is 1. The third-order valence-electron chi connectivity index (χ3n) is 15.8. The normalized spacial score (nSPS) is 12.0. The van der Waals surface area contributed by atoms with E-state index in [-0.39, 0.29) is 0 Å². The molecule has 0 atom stereocenters. The Hall–Kier alpha value is -10.4. The molecule has 0 spiro atoms. The summed E-state index contributed by atoms with van der Waals surface area (Å²) in [6.07, 6.45) is 11.7. The predicted molar refractivity (Wildman–Crippen MR) is 316 cm³/mol. The summed E-state index contributed by atoms with van der Waals surface area (Å²) in [5, 5.41) is 8.68. The highest BCUT2D eigenvalue weighted by molar-refractivity contribution is 6.16. The molecule has 16 rings (SSSR count). The predicted octanol–water partition coefficient (Wildman–Crippen LogP) is 17.0. The van der Waals surface area contributed by atoms with E-state index in [1.165, 1.54) is 0 Å². The monoisotopic (exact) mass is 984 g/mol. The van der Waals surface area contributed by atoms with E-state index < -0.39 is 0 Å². The molecule has 0 N–H and O–H groups in total. The van der Waals surface area contributed by atoms with Gasteiger partial charge in [0.1, 0.15) is 11.4 Å². The highest BCUT2D eigenvalue weighted by Gasteiger charge is 2.33. The largest absolute Gasteiger partial charge is 0.305 e. The number of hydrogen-bond donors (Lipinski definition) is 0. The van der Waals surface area contributed by atoms with E-state index in [0.29, 0.717) is 0 Å². The molecule has 0 aliphatic heterocycles. The third-order valence-corrected chi connectivity index (χ3v) is 15.8. The minimum absolute atomic E-state index is 0.762. The lowest BCUT2D eigenvalue weighted by Crippen LogP contribution is -2.16. The van der Waals surface area contributed by atoms with Crippen LogP contribution >= 0.6 is 0 Å². The molecule has 0 saturated heterocycles. The van der Waals surface area contributed by atoms with Crippen LogP contribution in [-0.4, -0.2) is 38.2 Å². The minimum Gasteiger partial charge on any atom is -0.305 e. The second-order valence-corrected chi connectivity index (χ2v) is 19.9. The van der Waals surface area contributed by atoms with Crippen LogP contribution in [0.3, 0.4) is 0 Å². The molecule has 0 radical (unpaired) electrons. The molecule has 360 valence electrons. The van der Waals surface area contributed by atoms with E-state index in [1.807, 2.05) is 37.2 Å². The quantitative estimate of drug-likeness (QED) is 0.159. The molecule has 77 heavy (non-hydrogen) atoms. The van der Waals surface area contributed by atoms with Crippen LogP contribution in [0.1, 0.15) is 5.56 Å². The summed E-state index contributed by atoms with van der Waals surface area (Å²) >= 11 is 0. The van der Waals surface area contributed by atoms with Crippen LogP contribution in [0.15, 0.2) is 250 Å². The maximum atomic E-state index is 6.41. The van der Waals surface area contributed by atoms with Crippen LogP contribution in [0.2, 0.25) is 0 Å². The van der Waals surface area contributed by atoms with Gasteiger partial charge in [-0.15, -0.1) is 0 Å². The molecule has 0 aliphatic rings. The van der Waals surface area contributed by atoms with Crippen LogP contribution in [0.4, 0.5) is 0 Å². The second kappa shape index (κ2) is 16.8. The summed E-state index contributed by atoms with van der Waals surface area (Å²) in [6, 6.07) is 76.6. The number of para-hydroxylation sites is 3. The summed E-state index contributed by atoms with van der Waals surface area (Å²) < 4.78 is 9.73. The van der Waals surface area contributed by atoms with Crippen molar-refractivity contribution in [3.8, 4) is 56.4 Å². The topological polar surface area (TPSA) is 71.3 Å². The van der Waals surface area contributed by atoms with Gasteiger partial charge >= 0.3 is 0 Å². The lowest BCUT2D eigenvalue weighted by molar-refractivity contribution is 0.960. The maximum Gasteiger partial charge on any atom is 0.165 e. The number of nitrogens with zero attached hydrogens (tertiary/aromatic N) is 8. The first-order chi connectivity index (χ1) is 38.2. The van der Waals surface area contributed by atoms with E-state index in [9.17, 15) is 0 Å². The Kier molecular flexibility index (Phi) is 9.38. The zero-order valence-corrected chi connectivity index (χ0v) is 41.7. The number of benzene rings is 8. The molecule has 8 heteroatoms. The SMILES string of the molecule is Cc1ccccc1-c1c(-n2c3ccccc3c3cnccc32)c(-n2c3ccccc3c3cnccc32)nc(-n2c3ccc(-c4ccccc4)cc3c3cc(-c4ccccc4)ccc32)c1-n1c2ccccc2c2cnccc21. The molecule has 0 aliphatic carbocycles. The van der Waals surface area contributed by atoms with Gasteiger partial charge in [-0.05, 0) is 101 Å². The molecule has 8 aromatic heterocycles. The number of rotatable bonds is 7. The van der Waals surface area contributed by atoms with Crippen LogP contribution < -0.4 is 0 Å². The molecular weight excluding hydrogens is 941 g/mol. The van der Waals surface area contributed by atoms with E-state index in [1.54, 1.807) is 0 Å². The van der Waals surface area contributed by atoms with Gasteiger partial charge in [0.2, 0.25) is 0 Å². The average Bonchev–Trinajstić information content (AvgIpc) is 4.40. The van der Waals surface area contributed by atoms with Crippen LogP contribution in [0.5, 0.6) is 0 Å². The van der Waals surface area contributed by atoms with Gasteiger partial charge in [0.05, 0.1) is 44.1 Å². The van der Waals surface area contributed by atoms with Gasteiger partial charge in [-0.3, -0.25) is 24.1 Å². The first-order valence-corrected chi connectivity index (χ1v) is 26.0. The standard InChI is InChI=1S/C69H44N8/c1-43-16-8-9-21-48(43)65-66(74-57-25-13-10-22-49(57)54-40-70-35-32-62(54)74)68(76-59-27-15-12-24-51(59)56-42-72-37-34-64(56)76)73-69(67(65)75-58-26-14-11-23-50(58)55-41-71-36-33-63(55)75)77-60-30-28-46(44-17-4-2-5-18-44)38-52(60)53-39-47(29-31-61(53)77)45-19-6-3-7-20-45/h2-42H,1H3.